The van der Waals surface area contributed by atoms with E-state index < -0.39 is 12.2 Å². The molecule has 2 heterocycles. The molecule has 1 saturated carbocycles. The fourth-order valence-electron chi connectivity index (χ4n) is 3.07. The van der Waals surface area contributed by atoms with Crippen LogP contribution in [0.3, 0.4) is 0 Å². The second-order valence-electron chi connectivity index (χ2n) is 6.29. The van der Waals surface area contributed by atoms with Crippen LogP contribution in [0.4, 0.5) is 0 Å². The molecule has 2 aliphatic heterocycles. The lowest BCUT2D eigenvalue weighted by Crippen LogP contribution is -2.45. The SMILES string of the molecule is OC1CN(CC2(CNC3CC3)CCOC2)CC1O. The molecule has 3 atom stereocenters. The summed E-state index contributed by atoms with van der Waals surface area (Å²) in [6.07, 6.45) is 2.52. The van der Waals surface area contributed by atoms with Crippen molar-refractivity contribution in [2.24, 2.45) is 5.41 Å². The van der Waals surface area contributed by atoms with Crippen molar-refractivity contribution in [1.29, 1.82) is 0 Å². The van der Waals surface area contributed by atoms with E-state index in [1.165, 1.54) is 12.8 Å². The van der Waals surface area contributed by atoms with E-state index >= 15 is 0 Å². The number of ether oxygens (including phenoxy) is 1. The number of hydrogen-bond acceptors (Lipinski definition) is 5. The zero-order valence-corrected chi connectivity index (χ0v) is 10.8. The summed E-state index contributed by atoms with van der Waals surface area (Å²) in [5.74, 6) is 0. The van der Waals surface area contributed by atoms with Gasteiger partial charge in [0.25, 0.3) is 0 Å². The van der Waals surface area contributed by atoms with Crippen LogP contribution >= 0.6 is 0 Å². The van der Waals surface area contributed by atoms with Crippen molar-refractivity contribution in [3.05, 3.63) is 0 Å². The number of rotatable bonds is 5. The van der Waals surface area contributed by atoms with Crippen LogP contribution in [-0.2, 0) is 4.74 Å². The van der Waals surface area contributed by atoms with Crippen LogP contribution in [0, 0.1) is 5.41 Å². The van der Waals surface area contributed by atoms with Crippen LogP contribution in [0.5, 0.6) is 0 Å². The lowest BCUT2D eigenvalue weighted by Gasteiger charge is -2.32. The Hall–Kier alpha value is -0.200. The molecule has 3 N–H and O–H groups in total. The average Bonchev–Trinajstić information content (AvgIpc) is 2.98. The highest BCUT2D eigenvalue weighted by molar-refractivity contribution is 4.94. The van der Waals surface area contributed by atoms with Gasteiger partial charge in [-0.25, -0.2) is 0 Å². The third-order valence-corrected chi connectivity index (χ3v) is 4.42. The quantitative estimate of drug-likeness (QED) is 0.600. The van der Waals surface area contributed by atoms with Crippen LogP contribution in [0.25, 0.3) is 0 Å². The molecule has 2 saturated heterocycles. The van der Waals surface area contributed by atoms with Crippen LogP contribution in [0.1, 0.15) is 19.3 Å². The molecule has 104 valence electrons. The van der Waals surface area contributed by atoms with Gasteiger partial charge in [-0.1, -0.05) is 0 Å². The van der Waals surface area contributed by atoms with E-state index in [9.17, 15) is 10.2 Å². The monoisotopic (exact) mass is 256 g/mol. The third-order valence-electron chi connectivity index (χ3n) is 4.42. The van der Waals surface area contributed by atoms with Gasteiger partial charge in [-0.15, -0.1) is 0 Å². The molecule has 0 aromatic carbocycles. The molecule has 0 aromatic heterocycles. The molecule has 3 unspecified atom stereocenters. The van der Waals surface area contributed by atoms with E-state index in [-0.39, 0.29) is 5.41 Å². The van der Waals surface area contributed by atoms with Crippen LogP contribution in [-0.4, -0.2) is 72.8 Å². The second kappa shape index (κ2) is 5.06. The van der Waals surface area contributed by atoms with E-state index in [1.807, 2.05) is 0 Å². The maximum absolute atomic E-state index is 9.62. The summed E-state index contributed by atoms with van der Waals surface area (Å²) in [5.41, 5.74) is 0.173. The van der Waals surface area contributed by atoms with E-state index in [0.717, 1.165) is 38.8 Å². The number of hydrogen-bond donors (Lipinski definition) is 3. The standard InChI is InChI=1S/C13H24N2O3/c16-11-5-15(6-12(11)17)8-13(3-4-18-9-13)7-14-10-1-2-10/h10-12,14,16-17H,1-9H2. The normalized spacial score (nSPS) is 41.7. The Balaban J connectivity index is 1.55. The first-order valence-electron chi connectivity index (χ1n) is 7.07. The molecule has 5 heteroatoms. The molecular formula is C13H24N2O3. The molecule has 0 spiro atoms. The summed E-state index contributed by atoms with van der Waals surface area (Å²) in [7, 11) is 0. The fourth-order valence-corrected chi connectivity index (χ4v) is 3.07. The molecule has 5 nitrogen and oxygen atoms in total. The minimum Gasteiger partial charge on any atom is -0.389 e. The van der Waals surface area contributed by atoms with Gasteiger partial charge < -0.3 is 20.3 Å². The molecule has 1 aliphatic carbocycles. The summed E-state index contributed by atoms with van der Waals surface area (Å²) < 4.78 is 5.59. The highest BCUT2D eigenvalue weighted by Gasteiger charge is 2.40. The maximum atomic E-state index is 9.62. The summed E-state index contributed by atoms with van der Waals surface area (Å²) in [5, 5.41) is 22.8. The Morgan fingerprint density at radius 3 is 2.50 bits per heavy atom. The first kappa shape index (κ1) is 12.8. The molecule has 3 rings (SSSR count). The summed E-state index contributed by atoms with van der Waals surface area (Å²) in [6.45, 7) is 4.74. The molecule has 18 heavy (non-hydrogen) atoms. The highest BCUT2D eigenvalue weighted by atomic mass is 16.5. The largest absolute Gasteiger partial charge is 0.389 e. The van der Waals surface area contributed by atoms with Gasteiger partial charge in [0.15, 0.2) is 0 Å². The van der Waals surface area contributed by atoms with Crippen molar-refractivity contribution in [2.75, 3.05) is 39.4 Å². The van der Waals surface area contributed by atoms with E-state index in [1.54, 1.807) is 0 Å². The summed E-state index contributed by atoms with van der Waals surface area (Å²) in [6, 6.07) is 0.720. The van der Waals surface area contributed by atoms with Gasteiger partial charge in [0.2, 0.25) is 0 Å². The summed E-state index contributed by atoms with van der Waals surface area (Å²) in [4.78, 5) is 2.18. The van der Waals surface area contributed by atoms with Gasteiger partial charge in [-0.05, 0) is 19.3 Å². The Bertz CT molecular complexity index is 280. The number of nitrogens with zero attached hydrogens (tertiary/aromatic N) is 1. The topological polar surface area (TPSA) is 65.0 Å². The van der Waals surface area contributed by atoms with Gasteiger partial charge in [-0.3, -0.25) is 4.90 Å². The molecule has 0 bridgehead atoms. The first-order valence-corrected chi connectivity index (χ1v) is 7.07. The summed E-state index contributed by atoms with van der Waals surface area (Å²) >= 11 is 0. The van der Waals surface area contributed by atoms with Gasteiger partial charge >= 0.3 is 0 Å². The lowest BCUT2D eigenvalue weighted by molar-refractivity contribution is 0.0572. The Labute approximate surface area is 108 Å². The molecule has 0 amide bonds. The molecule has 3 aliphatic rings. The second-order valence-corrected chi connectivity index (χ2v) is 6.29. The fraction of sp³-hybridized carbons (Fsp3) is 1.00. The lowest BCUT2D eigenvalue weighted by atomic mass is 9.86. The third kappa shape index (κ3) is 2.86. The van der Waals surface area contributed by atoms with Crippen LogP contribution < -0.4 is 5.32 Å². The zero-order valence-electron chi connectivity index (χ0n) is 10.8. The van der Waals surface area contributed by atoms with Crippen molar-refractivity contribution in [1.82, 2.24) is 10.2 Å². The van der Waals surface area contributed by atoms with Crippen LogP contribution in [0.2, 0.25) is 0 Å². The number of aliphatic hydroxyl groups is 2. The van der Waals surface area contributed by atoms with Crippen molar-refractivity contribution in [2.45, 2.75) is 37.5 Å². The van der Waals surface area contributed by atoms with Gasteiger partial charge in [0.1, 0.15) is 0 Å². The van der Waals surface area contributed by atoms with E-state index in [0.29, 0.717) is 13.1 Å². The molecule has 0 radical (unpaired) electrons. The van der Waals surface area contributed by atoms with Crippen molar-refractivity contribution in [3.63, 3.8) is 0 Å². The molecular weight excluding hydrogens is 232 g/mol. The van der Waals surface area contributed by atoms with Gasteiger partial charge in [0, 0.05) is 44.2 Å². The minimum absolute atomic E-state index is 0.173. The Morgan fingerprint density at radius 1 is 1.22 bits per heavy atom. The maximum Gasteiger partial charge on any atom is 0.0938 e. The molecule has 0 aromatic rings. The predicted molar refractivity (Wildman–Crippen MR) is 67.3 cm³/mol. The number of nitrogens with one attached hydrogen (secondary N) is 1. The first-order chi connectivity index (χ1) is 8.67. The van der Waals surface area contributed by atoms with Gasteiger partial charge in [-0.2, -0.15) is 0 Å². The zero-order chi connectivity index (χ0) is 12.6. The van der Waals surface area contributed by atoms with Gasteiger partial charge in [0.05, 0.1) is 18.8 Å². The van der Waals surface area contributed by atoms with E-state index in [4.69, 9.17) is 4.74 Å². The number of β-amino-alcohol motifs (C(OH)–C–C–N with tert-alkyl or cyclic N) is 2. The molecule has 3 fully saturated rings. The predicted octanol–water partition coefficient (Wildman–Crippen LogP) is -0.817. The number of likely N-dealkylation sites (tertiary alicyclic amines) is 1. The number of aliphatic hydroxyl groups excluding tert-OH is 2. The van der Waals surface area contributed by atoms with Crippen LogP contribution in [0.15, 0.2) is 0 Å². The average molecular weight is 256 g/mol. The minimum atomic E-state index is -0.583. The van der Waals surface area contributed by atoms with Crippen molar-refractivity contribution in [3.8, 4) is 0 Å². The van der Waals surface area contributed by atoms with Crippen molar-refractivity contribution >= 4 is 0 Å². The Morgan fingerprint density at radius 2 is 1.94 bits per heavy atom. The highest BCUT2D eigenvalue weighted by Crippen LogP contribution is 2.32. The van der Waals surface area contributed by atoms with E-state index in [2.05, 4.69) is 10.2 Å². The smallest absolute Gasteiger partial charge is 0.0938 e. The van der Waals surface area contributed by atoms with Crippen molar-refractivity contribution < 1.29 is 14.9 Å². The Kier molecular flexibility index (Phi) is 3.60.